The van der Waals surface area contributed by atoms with Crippen LogP contribution in [-0.2, 0) is 6.32 Å². The lowest BCUT2D eigenvalue weighted by Gasteiger charge is -1.98. The fraction of sp³-hybridized carbons (Fsp3) is 0.286. The van der Waals surface area contributed by atoms with E-state index in [2.05, 4.69) is 4.98 Å². The van der Waals surface area contributed by atoms with Gasteiger partial charge in [-0.25, -0.2) is 4.98 Å². The molecule has 2 nitrogen and oxygen atoms in total. The fourth-order valence-corrected chi connectivity index (χ4v) is 0.652. The van der Waals surface area contributed by atoms with Gasteiger partial charge in [-0.2, -0.15) is 0 Å². The van der Waals surface area contributed by atoms with Gasteiger partial charge in [-0.05, 0) is 5.56 Å². The molecule has 0 fully saturated rings. The van der Waals surface area contributed by atoms with Gasteiger partial charge >= 0.3 is 0 Å². The average molecular weight is 133 g/mol. The van der Waals surface area contributed by atoms with Gasteiger partial charge in [0.05, 0.1) is 15.0 Å². The van der Waals surface area contributed by atoms with Gasteiger partial charge in [0.1, 0.15) is 0 Å². The van der Waals surface area contributed by atoms with Gasteiger partial charge in [-0.1, -0.05) is 12.4 Å². The number of nitrogens with zero attached hydrogens (tertiary/aromatic N) is 1. The largest absolute Gasteiger partial charge is 0.481 e. The van der Waals surface area contributed by atoms with Crippen molar-refractivity contribution in [2.24, 2.45) is 0 Å². The minimum atomic E-state index is 0.525. The van der Waals surface area contributed by atoms with Crippen LogP contribution in [0, 0.1) is 0 Å². The van der Waals surface area contributed by atoms with Crippen LogP contribution in [0.4, 0.5) is 0 Å². The van der Waals surface area contributed by atoms with Crippen LogP contribution < -0.4 is 4.74 Å². The topological polar surface area (TPSA) is 22.1 Å². The first kappa shape index (κ1) is 7.13. The molecule has 0 saturated heterocycles. The summed E-state index contributed by atoms with van der Waals surface area (Å²) in [5.74, 6) is 0.622. The molecule has 0 spiro atoms. The second kappa shape index (κ2) is 3.25. The molecule has 0 unspecified atom stereocenters. The highest BCUT2D eigenvalue weighted by Gasteiger charge is 1.90. The maximum atomic E-state index is 5.36. The van der Waals surface area contributed by atoms with Crippen molar-refractivity contribution < 1.29 is 4.74 Å². The molecule has 0 bridgehead atoms. The molecular formula is C7H8BNO. The second-order valence-corrected chi connectivity index (χ2v) is 1.91. The summed E-state index contributed by atoms with van der Waals surface area (Å²) < 4.78 is 4.86. The van der Waals surface area contributed by atoms with Crippen LogP contribution in [0.25, 0.3) is 0 Å². The van der Waals surface area contributed by atoms with Crippen LogP contribution in [0.5, 0.6) is 5.88 Å². The minimum Gasteiger partial charge on any atom is -0.481 e. The Morgan fingerprint density at radius 1 is 1.60 bits per heavy atom. The van der Waals surface area contributed by atoms with Crippen LogP contribution in [0.3, 0.4) is 0 Å². The van der Waals surface area contributed by atoms with E-state index in [1.54, 1.807) is 19.4 Å². The van der Waals surface area contributed by atoms with Gasteiger partial charge < -0.3 is 4.74 Å². The molecule has 1 rings (SSSR count). The number of aromatic nitrogens is 1. The Labute approximate surface area is 61.6 Å². The molecule has 0 aliphatic rings. The first-order chi connectivity index (χ1) is 4.86. The lowest BCUT2D eigenvalue weighted by Crippen LogP contribution is -1.89. The zero-order valence-electron chi connectivity index (χ0n) is 5.87. The Balaban J connectivity index is 2.80. The van der Waals surface area contributed by atoms with E-state index in [0.29, 0.717) is 12.2 Å². The monoisotopic (exact) mass is 133 g/mol. The smallest absolute Gasteiger partial charge is 0.212 e. The van der Waals surface area contributed by atoms with E-state index in [1.165, 1.54) is 0 Å². The quantitative estimate of drug-likeness (QED) is 0.555. The summed E-state index contributed by atoms with van der Waals surface area (Å²) in [5.41, 5.74) is 1.01. The summed E-state index contributed by atoms with van der Waals surface area (Å²) in [4.78, 5) is 3.97. The molecule has 0 atom stereocenters. The van der Waals surface area contributed by atoms with E-state index in [4.69, 9.17) is 12.6 Å². The number of hydrogen-bond acceptors (Lipinski definition) is 2. The zero-order chi connectivity index (χ0) is 7.40. The number of pyridine rings is 1. The SMILES string of the molecule is [B]Cc1ccc(OC)nc1. The van der Waals surface area contributed by atoms with E-state index in [-0.39, 0.29) is 0 Å². The molecule has 0 aliphatic heterocycles. The summed E-state index contributed by atoms with van der Waals surface area (Å²) in [7, 11) is 6.95. The van der Waals surface area contributed by atoms with Crippen LogP contribution in [0.1, 0.15) is 5.56 Å². The lowest BCUT2D eigenvalue weighted by atomic mass is 9.99. The van der Waals surface area contributed by atoms with E-state index < -0.39 is 0 Å². The predicted octanol–water partition coefficient (Wildman–Crippen LogP) is 0.759. The maximum Gasteiger partial charge on any atom is 0.212 e. The van der Waals surface area contributed by atoms with Crippen molar-refractivity contribution in [3.05, 3.63) is 23.9 Å². The minimum absolute atomic E-state index is 0.525. The van der Waals surface area contributed by atoms with Gasteiger partial charge in [-0.3, -0.25) is 0 Å². The Hall–Kier alpha value is -0.985. The first-order valence-electron chi connectivity index (χ1n) is 3.06. The van der Waals surface area contributed by atoms with Crippen molar-refractivity contribution in [1.29, 1.82) is 0 Å². The van der Waals surface area contributed by atoms with Crippen molar-refractivity contribution in [1.82, 2.24) is 4.98 Å². The molecular weight excluding hydrogens is 125 g/mol. The fourth-order valence-electron chi connectivity index (χ4n) is 0.652. The Bertz CT molecular complexity index is 174. The molecule has 2 radical (unpaired) electrons. The molecule has 0 amide bonds. The molecule has 0 aliphatic carbocycles. The average Bonchev–Trinajstić information content (AvgIpc) is 2.05. The highest BCUT2D eigenvalue weighted by Crippen LogP contribution is 2.05. The normalized spacial score (nSPS) is 9.30. The summed E-state index contributed by atoms with van der Waals surface area (Å²) in [5, 5.41) is 0. The molecule has 50 valence electrons. The molecule has 0 N–H and O–H groups in total. The zero-order valence-corrected chi connectivity index (χ0v) is 5.87. The Morgan fingerprint density at radius 2 is 2.40 bits per heavy atom. The van der Waals surface area contributed by atoms with Crippen LogP contribution in [0.2, 0.25) is 0 Å². The molecule has 0 aromatic carbocycles. The summed E-state index contributed by atoms with van der Waals surface area (Å²) in [6.45, 7) is 0. The van der Waals surface area contributed by atoms with E-state index >= 15 is 0 Å². The van der Waals surface area contributed by atoms with E-state index in [1.807, 2.05) is 6.07 Å². The van der Waals surface area contributed by atoms with Gasteiger partial charge in [0.2, 0.25) is 5.88 Å². The highest BCUT2D eigenvalue weighted by atomic mass is 16.5. The first-order valence-corrected chi connectivity index (χ1v) is 3.06. The van der Waals surface area contributed by atoms with Gasteiger partial charge in [0.15, 0.2) is 0 Å². The van der Waals surface area contributed by atoms with E-state index in [9.17, 15) is 0 Å². The summed E-state index contributed by atoms with van der Waals surface area (Å²) in [6.07, 6.45) is 2.23. The molecule has 1 aromatic rings. The lowest BCUT2D eigenvalue weighted by molar-refractivity contribution is 0.397. The number of methoxy groups -OCH3 is 1. The van der Waals surface area contributed by atoms with E-state index in [0.717, 1.165) is 5.56 Å². The van der Waals surface area contributed by atoms with Crippen molar-refractivity contribution in [2.45, 2.75) is 6.32 Å². The Morgan fingerprint density at radius 3 is 2.80 bits per heavy atom. The molecule has 1 aromatic heterocycles. The molecule has 3 heteroatoms. The number of ether oxygens (including phenoxy) is 1. The van der Waals surface area contributed by atoms with Gasteiger partial charge in [-0.15, -0.1) is 0 Å². The molecule has 1 heterocycles. The van der Waals surface area contributed by atoms with Crippen LogP contribution in [-0.4, -0.2) is 19.9 Å². The van der Waals surface area contributed by atoms with Crippen molar-refractivity contribution in [3.63, 3.8) is 0 Å². The van der Waals surface area contributed by atoms with Crippen LogP contribution in [0.15, 0.2) is 18.3 Å². The predicted molar refractivity (Wildman–Crippen MR) is 40.2 cm³/mol. The molecule has 0 saturated carbocycles. The number of hydrogen-bond donors (Lipinski definition) is 0. The summed E-state index contributed by atoms with van der Waals surface area (Å²) in [6, 6.07) is 3.69. The third-order valence-corrected chi connectivity index (χ3v) is 1.24. The van der Waals surface area contributed by atoms with Crippen molar-refractivity contribution in [2.75, 3.05) is 7.11 Å². The number of rotatable bonds is 2. The highest BCUT2D eigenvalue weighted by molar-refractivity contribution is 6.08. The third kappa shape index (κ3) is 1.50. The second-order valence-electron chi connectivity index (χ2n) is 1.91. The van der Waals surface area contributed by atoms with Gasteiger partial charge in [0, 0.05) is 12.3 Å². The van der Waals surface area contributed by atoms with Crippen molar-refractivity contribution in [3.8, 4) is 5.88 Å². The molecule has 10 heavy (non-hydrogen) atoms. The maximum absolute atomic E-state index is 5.36. The summed E-state index contributed by atoms with van der Waals surface area (Å²) >= 11 is 0. The van der Waals surface area contributed by atoms with Gasteiger partial charge in [0.25, 0.3) is 0 Å². The standard InChI is InChI=1S/C7H8BNO/c1-10-7-3-2-6(4-8)5-9-7/h2-3,5H,4H2,1H3. The Kier molecular flexibility index (Phi) is 2.32. The van der Waals surface area contributed by atoms with Crippen LogP contribution >= 0.6 is 0 Å². The third-order valence-electron chi connectivity index (χ3n) is 1.24. The van der Waals surface area contributed by atoms with Crippen molar-refractivity contribution >= 4 is 7.85 Å².